The molecule has 0 aromatic rings. The van der Waals surface area contributed by atoms with Crippen LogP contribution in [0.2, 0.25) is 0 Å². The summed E-state index contributed by atoms with van der Waals surface area (Å²) >= 11 is 0. The summed E-state index contributed by atoms with van der Waals surface area (Å²) in [5.74, 6) is -0.155. The molecule has 4 heteroatoms. The quantitative estimate of drug-likeness (QED) is 0.643. The molecule has 1 rings (SSSR count). The summed E-state index contributed by atoms with van der Waals surface area (Å²) in [6.07, 6.45) is 1.10. The Morgan fingerprint density at radius 2 is 2.00 bits per heavy atom. The molecular weight excluding hydrogens is 194 g/mol. The van der Waals surface area contributed by atoms with E-state index in [1.807, 2.05) is 13.8 Å². The first-order valence-electron chi connectivity index (χ1n) is 5.41. The zero-order valence-electron chi connectivity index (χ0n) is 9.66. The summed E-state index contributed by atoms with van der Waals surface area (Å²) in [7, 11) is 0. The average Bonchev–Trinajstić information content (AvgIpc) is 2.25. The molecule has 1 aliphatic heterocycles. The summed E-state index contributed by atoms with van der Waals surface area (Å²) < 4.78 is 5.62. The number of carbonyl (C=O) groups excluding carboxylic acids is 2. The molecule has 0 spiro atoms. The van der Waals surface area contributed by atoms with E-state index in [4.69, 9.17) is 4.74 Å². The standard InChI is InChI=1S/C11H19NO3/c1-8(13)6-11(14)12-5-4-9(2)15-10(3)7-12/h9-10H,4-7H2,1-3H3. The van der Waals surface area contributed by atoms with E-state index in [0.717, 1.165) is 6.42 Å². The Morgan fingerprint density at radius 1 is 1.33 bits per heavy atom. The van der Waals surface area contributed by atoms with Crippen LogP contribution >= 0.6 is 0 Å². The second kappa shape index (κ2) is 5.26. The topological polar surface area (TPSA) is 46.6 Å². The Bertz CT molecular complexity index is 252. The van der Waals surface area contributed by atoms with Crippen molar-refractivity contribution in [2.45, 2.75) is 45.8 Å². The maximum absolute atomic E-state index is 11.7. The van der Waals surface area contributed by atoms with E-state index in [9.17, 15) is 9.59 Å². The van der Waals surface area contributed by atoms with Crippen molar-refractivity contribution >= 4 is 11.7 Å². The van der Waals surface area contributed by atoms with Gasteiger partial charge in [0.25, 0.3) is 0 Å². The molecule has 1 fully saturated rings. The van der Waals surface area contributed by atoms with Gasteiger partial charge in [0.05, 0.1) is 18.6 Å². The molecule has 1 amide bonds. The molecule has 0 aromatic carbocycles. The van der Waals surface area contributed by atoms with Gasteiger partial charge < -0.3 is 9.64 Å². The molecule has 2 unspecified atom stereocenters. The van der Waals surface area contributed by atoms with Crippen molar-refractivity contribution in [3.05, 3.63) is 0 Å². The number of amides is 1. The first-order valence-corrected chi connectivity index (χ1v) is 5.41. The van der Waals surface area contributed by atoms with Crippen molar-refractivity contribution in [2.24, 2.45) is 0 Å². The molecule has 0 saturated carbocycles. The van der Waals surface area contributed by atoms with Gasteiger partial charge in [-0.15, -0.1) is 0 Å². The molecule has 0 aliphatic carbocycles. The second-order valence-corrected chi connectivity index (χ2v) is 4.26. The Hall–Kier alpha value is -0.900. The molecule has 1 saturated heterocycles. The lowest BCUT2D eigenvalue weighted by Crippen LogP contribution is -2.36. The molecule has 2 atom stereocenters. The van der Waals surface area contributed by atoms with Gasteiger partial charge in [0.1, 0.15) is 5.78 Å². The van der Waals surface area contributed by atoms with E-state index in [1.165, 1.54) is 6.92 Å². The van der Waals surface area contributed by atoms with Gasteiger partial charge in [-0.25, -0.2) is 0 Å². The summed E-state index contributed by atoms with van der Waals surface area (Å²) in [5.41, 5.74) is 0. The third-order valence-electron chi connectivity index (χ3n) is 2.50. The molecule has 1 heterocycles. The lowest BCUT2D eigenvalue weighted by molar-refractivity contribution is -0.135. The number of Topliss-reactive ketones (excluding diaryl/α,β-unsaturated/α-hetero) is 1. The highest BCUT2D eigenvalue weighted by Crippen LogP contribution is 2.12. The van der Waals surface area contributed by atoms with Gasteiger partial charge in [-0.1, -0.05) is 0 Å². The zero-order chi connectivity index (χ0) is 11.4. The maximum atomic E-state index is 11.7. The predicted molar refractivity (Wildman–Crippen MR) is 56.5 cm³/mol. The highest BCUT2D eigenvalue weighted by molar-refractivity contribution is 5.96. The summed E-state index contributed by atoms with van der Waals surface area (Å²) in [6, 6.07) is 0. The van der Waals surface area contributed by atoms with Crippen molar-refractivity contribution in [1.29, 1.82) is 0 Å². The van der Waals surface area contributed by atoms with E-state index < -0.39 is 0 Å². The van der Waals surface area contributed by atoms with Crippen LogP contribution in [0.1, 0.15) is 33.6 Å². The van der Waals surface area contributed by atoms with Crippen LogP contribution in [0.5, 0.6) is 0 Å². The molecule has 0 bridgehead atoms. The van der Waals surface area contributed by atoms with Crippen molar-refractivity contribution in [2.75, 3.05) is 13.1 Å². The molecule has 15 heavy (non-hydrogen) atoms. The minimum absolute atomic E-state index is 0.0150. The fourth-order valence-corrected chi connectivity index (χ4v) is 1.80. The van der Waals surface area contributed by atoms with Crippen LogP contribution in [0.3, 0.4) is 0 Å². The lowest BCUT2D eigenvalue weighted by Gasteiger charge is -2.21. The largest absolute Gasteiger partial charge is 0.374 e. The highest BCUT2D eigenvalue weighted by Gasteiger charge is 2.23. The number of nitrogens with zero attached hydrogens (tertiary/aromatic N) is 1. The fourth-order valence-electron chi connectivity index (χ4n) is 1.80. The number of ether oxygens (including phenoxy) is 1. The van der Waals surface area contributed by atoms with Crippen molar-refractivity contribution in [3.63, 3.8) is 0 Å². The predicted octanol–water partition coefficient (Wildman–Crippen LogP) is 0.991. The molecule has 1 aliphatic rings. The molecule has 0 N–H and O–H groups in total. The van der Waals surface area contributed by atoms with Crippen molar-refractivity contribution in [3.8, 4) is 0 Å². The zero-order valence-corrected chi connectivity index (χ0v) is 9.66. The van der Waals surface area contributed by atoms with E-state index in [0.29, 0.717) is 13.1 Å². The first kappa shape index (κ1) is 12.2. The summed E-state index contributed by atoms with van der Waals surface area (Å²) in [4.78, 5) is 24.2. The normalized spacial score (nSPS) is 27.3. The van der Waals surface area contributed by atoms with Crippen LogP contribution in [0.15, 0.2) is 0 Å². The summed E-state index contributed by atoms with van der Waals surface area (Å²) in [5, 5.41) is 0. The van der Waals surface area contributed by atoms with Gasteiger partial charge in [-0.3, -0.25) is 9.59 Å². The van der Waals surface area contributed by atoms with E-state index in [2.05, 4.69) is 0 Å². The van der Waals surface area contributed by atoms with Crippen molar-refractivity contribution in [1.82, 2.24) is 4.90 Å². The van der Waals surface area contributed by atoms with E-state index in [-0.39, 0.29) is 30.3 Å². The number of rotatable bonds is 2. The van der Waals surface area contributed by atoms with Gasteiger partial charge in [0.15, 0.2) is 0 Å². The van der Waals surface area contributed by atoms with Crippen LogP contribution in [0.4, 0.5) is 0 Å². The Morgan fingerprint density at radius 3 is 2.60 bits per heavy atom. The van der Waals surface area contributed by atoms with Crippen LogP contribution < -0.4 is 0 Å². The molecule has 0 aromatic heterocycles. The number of carbonyl (C=O) groups is 2. The van der Waals surface area contributed by atoms with Crippen molar-refractivity contribution < 1.29 is 14.3 Å². The van der Waals surface area contributed by atoms with Gasteiger partial charge >= 0.3 is 0 Å². The smallest absolute Gasteiger partial charge is 0.230 e. The van der Waals surface area contributed by atoms with Gasteiger partial charge in [-0.05, 0) is 27.2 Å². The minimum atomic E-state index is -0.0779. The number of hydrogen-bond acceptors (Lipinski definition) is 3. The molecular formula is C11H19NO3. The van der Waals surface area contributed by atoms with Crippen LogP contribution in [-0.4, -0.2) is 41.9 Å². The summed E-state index contributed by atoms with van der Waals surface area (Å²) in [6.45, 7) is 6.69. The van der Waals surface area contributed by atoms with Gasteiger partial charge in [0.2, 0.25) is 5.91 Å². The molecule has 0 radical (unpaired) electrons. The van der Waals surface area contributed by atoms with Gasteiger partial charge in [-0.2, -0.15) is 0 Å². The lowest BCUT2D eigenvalue weighted by atomic mass is 10.2. The third-order valence-corrected chi connectivity index (χ3v) is 2.50. The Balaban J connectivity index is 2.53. The van der Waals surface area contributed by atoms with Crippen LogP contribution in [-0.2, 0) is 14.3 Å². The monoisotopic (exact) mass is 213 g/mol. The average molecular weight is 213 g/mol. The minimum Gasteiger partial charge on any atom is -0.374 e. The Kier molecular flexibility index (Phi) is 4.27. The van der Waals surface area contributed by atoms with Gasteiger partial charge in [0, 0.05) is 13.1 Å². The van der Waals surface area contributed by atoms with Crippen LogP contribution in [0.25, 0.3) is 0 Å². The third kappa shape index (κ3) is 4.00. The van der Waals surface area contributed by atoms with E-state index >= 15 is 0 Å². The van der Waals surface area contributed by atoms with Crippen LogP contribution in [0, 0.1) is 0 Å². The highest BCUT2D eigenvalue weighted by atomic mass is 16.5. The number of ketones is 1. The van der Waals surface area contributed by atoms with E-state index in [1.54, 1.807) is 4.90 Å². The molecule has 4 nitrogen and oxygen atoms in total. The first-order chi connectivity index (χ1) is 6.99. The number of hydrogen-bond donors (Lipinski definition) is 0. The second-order valence-electron chi connectivity index (χ2n) is 4.26. The maximum Gasteiger partial charge on any atom is 0.230 e. The molecule has 86 valence electrons. The fraction of sp³-hybridized carbons (Fsp3) is 0.818. The SMILES string of the molecule is CC(=O)CC(=O)N1CCC(C)OC(C)C1. The Labute approximate surface area is 90.6 Å².